The van der Waals surface area contributed by atoms with Crippen LogP contribution in [0, 0.1) is 0 Å². The molecule has 0 saturated heterocycles. The molecule has 6 heteroatoms. The van der Waals surface area contributed by atoms with E-state index in [1.165, 1.54) is 5.71 Å². The van der Waals surface area contributed by atoms with Gasteiger partial charge in [-0.3, -0.25) is 9.89 Å². The Morgan fingerprint density at radius 1 is 1.10 bits per heavy atom. The topological polar surface area (TPSA) is 43.3 Å². The molecule has 1 aliphatic heterocycles. The lowest BCUT2D eigenvalue weighted by Crippen LogP contribution is -2.46. The highest BCUT2D eigenvalue weighted by Crippen LogP contribution is 2.20. The summed E-state index contributed by atoms with van der Waals surface area (Å²) >= 11 is 0. The van der Waals surface area contributed by atoms with Gasteiger partial charge in [-0.2, -0.15) is 0 Å². The molecule has 0 bridgehead atoms. The summed E-state index contributed by atoms with van der Waals surface area (Å²) in [7, 11) is -2.48. The number of hydrogen-bond donors (Lipinski definition) is 0. The zero-order chi connectivity index (χ0) is 15.7. The number of aliphatic imine (C=N–C) groups is 1. The van der Waals surface area contributed by atoms with Gasteiger partial charge in [0.15, 0.2) is 0 Å². The van der Waals surface area contributed by atoms with E-state index in [0.29, 0.717) is 26.0 Å². The smallest absolute Gasteiger partial charge is 0.374 e. The lowest BCUT2D eigenvalue weighted by atomic mass is 10.3. The maximum absolute atomic E-state index is 5.90. The van der Waals surface area contributed by atoms with Crippen LogP contribution in [-0.4, -0.2) is 58.5 Å². The predicted molar refractivity (Wildman–Crippen MR) is 88.8 cm³/mol. The van der Waals surface area contributed by atoms with Crippen molar-refractivity contribution in [3.8, 4) is 0 Å². The minimum absolute atomic E-state index is 0.354. The number of nitrogens with zero attached hydrogens (tertiary/aromatic N) is 2. The Morgan fingerprint density at radius 3 is 2.14 bits per heavy atom. The van der Waals surface area contributed by atoms with Gasteiger partial charge in [-0.05, 0) is 40.5 Å². The van der Waals surface area contributed by atoms with Crippen molar-refractivity contribution in [1.82, 2.24) is 4.90 Å². The fourth-order valence-corrected chi connectivity index (χ4v) is 5.45. The lowest BCUT2D eigenvalue weighted by Gasteiger charge is -2.29. The largest absolute Gasteiger partial charge is 0.500 e. The fraction of sp³-hybridized carbons (Fsp3) is 0.933. The molecule has 1 unspecified atom stereocenters. The van der Waals surface area contributed by atoms with Crippen LogP contribution in [0.3, 0.4) is 0 Å². The van der Waals surface area contributed by atoms with E-state index in [1.54, 1.807) is 0 Å². The first kappa shape index (κ1) is 18.8. The van der Waals surface area contributed by atoms with Gasteiger partial charge in [-0.25, -0.2) is 0 Å². The molecule has 124 valence electrons. The third-order valence-electron chi connectivity index (χ3n) is 3.61. The number of hydrogen-bond acceptors (Lipinski definition) is 5. The first-order valence-corrected chi connectivity index (χ1v) is 10.2. The minimum atomic E-state index is -2.48. The average molecular weight is 317 g/mol. The van der Waals surface area contributed by atoms with E-state index in [0.717, 1.165) is 32.0 Å². The van der Waals surface area contributed by atoms with Crippen molar-refractivity contribution in [2.24, 2.45) is 4.99 Å². The highest BCUT2D eigenvalue weighted by molar-refractivity contribution is 6.60. The lowest BCUT2D eigenvalue weighted by molar-refractivity contribution is 0.0697. The zero-order valence-electron chi connectivity index (χ0n) is 14.4. The van der Waals surface area contributed by atoms with Crippen molar-refractivity contribution in [2.75, 3.05) is 32.9 Å². The monoisotopic (exact) mass is 316 g/mol. The van der Waals surface area contributed by atoms with Crippen LogP contribution in [0.5, 0.6) is 0 Å². The van der Waals surface area contributed by atoms with Gasteiger partial charge in [0.1, 0.15) is 6.17 Å². The Morgan fingerprint density at radius 2 is 1.67 bits per heavy atom. The molecule has 1 atom stereocenters. The first-order valence-electron chi connectivity index (χ1n) is 8.29. The van der Waals surface area contributed by atoms with Crippen LogP contribution in [0.25, 0.3) is 0 Å². The summed E-state index contributed by atoms with van der Waals surface area (Å²) in [5, 5.41) is 0. The van der Waals surface area contributed by atoms with Crippen LogP contribution in [-0.2, 0) is 13.3 Å². The van der Waals surface area contributed by atoms with Crippen molar-refractivity contribution in [3.63, 3.8) is 0 Å². The van der Waals surface area contributed by atoms with Crippen molar-refractivity contribution in [2.45, 2.75) is 59.7 Å². The Balaban J connectivity index is 2.49. The second-order valence-electron chi connectivity index (χ2n) is 5.31. The van der Waals surface area contributed by atoms with Gasteiger partial charge in [0.05, 0.1) is 0 Å². The number of rotatable bonds is 11. The van der Waals surface area contributed by atoms with Gasteiger partial charge < -0.3 is 13.3 Å². The molecular formula is C15H32N2O3Si. The van der Waals surface area contributed by atoms with E-state index in [1.807, 2.05) is 20.8 Å². The minimum Gasteiger partial charge on any atom is -0.374 e. The first-order chi connectivity index (χ1) is 10.1. The van der Waals surface area contributed by atoms with Crippen LogP contribution < -0.4 is 0 Å². The quantitative estimate of drug-likeness (QED) is 0.550. The Labute approximate surface area is 131 Å². The summed E-state index contributed by atoms with van der Waals surface area (Å²) in [6.07, 6.45) is 2.46. The van der Waals surface area contributed by atoms with Crippen LogP contribution in [0.1, 0.15) is 47.5 Å². The second kappa shape index (κ2) is 9.68. The van der Waals surface area contributed by atoms with Crippen LogP contribution in [0.4, 0.5) is 0 Å². The van der Waals surface area contributed by atoms with Gasteiger partial charge in [0.25, 0.3) is 0 Å². The molecule has 0 aliphatic carbocycles. The molecular weight excluding hydrogens is 284 g/mol. The molecule has 1 heterocycles. The highest BCUT2D eigenvalue weighted by Gasteiger charge is 2.40. The second-order valence-corrected chi connectivity index (χ2v) is 8.04. The summed E-state index contributed by atoms with van der Waals surface area (Å²) in [5.74, 6) is 0. The van der Waals surface area contributed by atoms with Gasteiger partial charge in [-0.1, -0.05) is 6.92 Å². The van der Waals surface area contributed by atoms with E-state index in [9.17, 15) is 0 Å². The summed E-state index contributed by atoms with van der Waals surface area (Å²) in [4.78, 5) is 7.12. The van der Waals surface area contributed by atoms with E-state index < -0.39 is 8.80 Å². The van der Waals surface area contributed by atoms with Crippen molar-refractivity contribution < 1.29 is 13.3 Å². The average Bonchev–Trinajstić information content (AvgIpc) is 2.80. The Kier molecular flexibility index (Phi) is 8.66. The summed E-state index contributed by atoms with van der Waals surface area (Å²) in [5.41, 5.74) is 1.24. The normalized spacial score (nSPS) is 20.0. The van der Waals surface area contributed by atoms with Crippen molar-refractivity contribution >= 4 is 14.5 Å². The van der Waals surface area contributed by atoms with Crippen LogP contribution >= 0.6 is 0 Å². The van der Waals surface area contributed by atoms with Crippen molar-refractivity contribution in [1.29, 1.82) is 0 Å². The molecule has 0 N–H and O–H groups in total. The summed E-state index contributed by atoms with van der Waals surface area (Å²) in [6.45, 7) is 14.3. The summed E-state index contributed by atoms with van der Waals surface area (Å²) < 4.78 is 17.7. The molecule has 1 aliphatic rings. The molecule has 0 amide bonds. The Hall–Kier alpha value is -0.273. The Bertz CT molecular complexity index is 309. The molecule has 1 rings (SSSR count). The van der Waals surface area contributed by atoms with Crippen LogP contribution in [0.2, 0.25) is 6.04 Å². The molecule has 5 nitrogen and oxygen atoms in total. The molecule has 0 aromatic carbocycles. The third-order valence-corrected chi connectivity index (χ3v) is 6.76. The maximum atomic E-state index is 5.90. The van der Waals surface area contributed by atoms with Gasteiger partial charge in [0, 0.05) is 44.7 Å². The molecule has 0 fully saturated rings. The van der Waals surface area contributed by atoms with E-state index in [2.05, 4.69) is 23.7 Å². The van der Waals surface area contributed by atoms with Crippen LogP contribution in [0.15, 0.2) is 4.99 Å². The van der Waals surface area contributed by atoms with Gasteiger partial charge >= 0.3 is 8.80 Å². The molecule has 0 spiro atoms. The SMILES string of the molecule is CCO[Si](CCCN1CC(C)=NC1CC)(OCC)OCC. The zero-order valence-corrected chi connectivity index (χ0v) is 15.4. The van der Waals surface area contributed by atoms with E-state index in [4.69, 9.17) is 13.3 Å². The van der Waals surface area contributed by atoms with E-state index >= 15 is 0 Å². The molecule has 0 aromatic rings. The highest BCUT2D eigenvalue weighted by atomic mass is 28.4. The maximum Gasteiger partial charge on any atom is 0.500 e. The standard InChI is InChI=1S/C15H32N2O3Si/c1-6-15-16-14(5)13-17(15)11-10-12-21(18-7-2,19-8-3)20-9-4/h15H,6-13H2,1-5H3. The molecule has 21 heavy (non-hydrogen) atoms. The fourth-order valence-electron chi connectivity index (χ4n) is 2.85. The van der Waals surface area contributed by atoms with Gasteiger partial charge in [0.2, 0.25) is 0 Å². The van der Waals surface area contributed by atoms with E-state index in [-0.39, 0.29) is 0 Å². The third kappa shape index (κ3) is 5.79. The molecule has 0 saturated carbocycles. The van der Waals surface area contributed by atoms with Crippen molar-refractivity contribution in [3.05, 3.63) is 0 Å². The summed E-state index contributed by atoms with van der Waals surface area (Å²) in [6, 6.07) is 0.883. The molecule has 0 aromatic heterocycles. The molecule has 0 radical (unpaired) electrons. The van der Waals surface area contributed by atoms with Gasteiger partial charge in [-0.15, -0.1) is 0 Å². The predicted octanol–water partition coefficient (Wildman–Crippen LogP) is 2.94.